The quantitative estimate of drug-likeness (QED) is 0.872. The molecule has 4 heteroatoms. The summed E-state index contributed by atoms with van der Waals surface area (Å²) in [4.78, 5) is 7.79. The first-order valence-electron chi connectivity index (χ1n) is 5.47. The summed E-state index contributed by atoms with van der Waals surface area (Å²) < 4.78 is 5.48. The number of hydrogen-bond acceptors (Lipinski definition) is 4. The lowest BCUT2D eigenvalue weighted by molar-refractivity contribution is 0.211. The van der Waals surface area contributed by atoms with E-state index in [0.29, 0.717) is 17.9 Å². The second-order valence-electron chi connectivity index (χ2n) is 3.55. The molecule has 1 aromatic carbocycles. The molecule has 4 nitrogen and oxygen atoms in total. The summed E-state index contributed by atoms with van der Waals surface area (Å²) in [6.45, 7) is 2.48. The van der Waals surface area contributed by atoms with Crippen LogP contribution in [0.15, 0.2) is 43.0 Å². The van der Waals surface area contributed by atoms with Gasteiger partial charge >= 0.3 is 0 Å². The molecule has 0 saturated carbocycles. The van der Waals surface area contributed by atoms with E-state index in [1.54, 1.807) is 12.4 Å². The van der Waals surface area contributed by atoms with Crippen LogP contribution in [0.5, 0.6) is 5.75 Å². The van der Waals surface area contributed by atoms with Crippen molar-refractivity contribution < 1.29 is 9.84 Å². The van der Waals surface area contributed by atoms with Gasteiger partial charge in [0.1, 0.15) is 18.2 Å². The van der Waals surface area contributed by atoms with Crippen molar-refractivity contribution >= 4 is 0 Å². The van der Waals surface area contributed by atoms with E-state index in [-0.39, 0.29) is 0 Å². The molecular weight excluding hydrogens is 216 g/mol. The van der Waals surface area contributed by atoms with Crippen molar-refractivity contribution in [3.05, 3.63) is 54.1 Å². The summed E-state index contributed by atoms with van der Waals surface area (Å²) >= 11 is 0. The third-order valence-corrected chi connectivity index (χ3v) is 2.41. The highest BCUT2D eigenvalue weighted by Gasteiger charge is 2.15. The van der Waals surface area contributed by atoms with Crippen LogP contribution in [0, 0.1) is 0 Å². The molecule has 1 unspecified atom stereocenters. The van der Waals surface area contributed by atoms with Crippen molar-refractivity contribution in [3.8, 4) is 5.75 Å². The first-order chi connectivity index (χ1) is 8.33. The Labute approximate surface area is 99.9 Å². The van der Waals surface area contributed by atoms with E-state index < -0.39 is 6.10 Å². The zero-order valence-electron chi connectivity index (χ0n) is 9.58. The van der Waals surface area contributed by atoms with Gasteiger partial charge in [-0.2, -0.15) is 0 Å². The number of para-hydroxylation sites is 1. The molecule has 1 heterocycles. The summed E-state index contributed by atoms with van der Waals surface area (Å²) in [7, 11) is 0. The Morgan fingerprint density at radius 1 is 1.24 bits per heavy atom. The Morgan fingerprint density at radius 2 is 1.94 bits per heavy atom. The van der Waals surface area contributed by atoms with Crippen LogP contribution in [0.4, 0.5) is 0 Å². The first-order valence-corrected chi connectivity index (χ1v) is 5.47. The molecule has 0 saturated heterocycles. The van der Waals surface area contributed by atoms with Crippen LogP contribution in [0.2, 0.25) is 0 Å². The van der Waals surface area contributed by atoms with Crippen molar-refractivity contribution in [3.63, 3.8) is 0 Å². The molecule has 0 fully saturated rings. The molecule has 17 heavy (non-hydrogen) atoms. The molecule has 0 bridgehead atoms. The predicted molar refractivity (Wildman–Crippen MR) is 63.7 cm³/mol. The van der Waals surface area contributed by atoms with Gasteiger partial charge in [-0.1, -0.05) is 18.2 Å². The fourth-order valence-electron chi connectivity index (χ4n) is 1.62. The Kier molecular flexibility index (Phi) is 3.67. The summed E-state index contributed by atoms with van der Waals surface area (Å²) in [5.74, 6) is 0.686. The lowest BCUT2D eigenvalue weighted by atomic mass is 10.0. The second-order valence-corrected chi connectivity index (χ2v) is 3.55. The molecule has 0 spiro atoms. The molecule has 0 amide bonds. The maximum Gasteiger partial charge on any atom is 0.125 e. The fraction of sp³-hybridized carbons (Fsp3) is 0.231. The summed E-state index contributed by atoms with van der Waals surface area (Å²) in [6.07, 6.45) is 3.87. The number of ether oxygens (including phenoxy) is 1. The Hall–Kier alpha value is -1.94. The van der Waals surface area contributed by atoms with Crippen molar-refractivity contribution in [1.82, 2.24) is 9.97 Å². The van der Waals surface area contributed by atoms with Crippen LogP contribution in [-0.4, -0.2) is 21.7 Å². The third kappa shape index (κ3) is 2.60. The van der Waals surface area contributed by atoms with E-state index in [9.17, 15) is 5.11 Å². The Morgan fingerprint density at radius 3 is 2.65 bits per heavy atom. The molecule has 1 aromatic heterocycles. The van der Waals surface area contributed by atoms with E-state index in [2.05, 4.69) is 9.97 Å². The van der Waals surface area contributed by atoms with Crippen LogP contribution < -0.4 is 4.74 Å². The smallest absolute Gasteiger partial charge is 0.125 e. The van der Waals surface area contributed by atoms with Crippen molar-refractivity contribution in [2.75, 3.05) is 6.61 Å². The van der Waals surface area contributed by atoms with Crippen LogP contribution in [0.3, 0.4) is 0 Å². The van der Waals surface area contributed by atoms with Gasteiger partial charge in [-0.25, -0.2) is 9.97 Å². The molecular formula is C13H14N2O2. The lowest BCUT2D eigenvalue weighted by Gasteiger charge is -2.15. The maximum atomic E-state index is 10.2. The number of hydrogen-bond donors (Lipinski definition) is 1. The van der Waals surface area contributed by atoms with Gasteiger partial charge in [-0.15, -0.1) is 0 Å². The minimum absolute atomic E-state index is 0.565. The van der Waals surface area contributed by atoms with Gasteiger partial charge in [-0.3, -0.25) is 0 Å². The van der Waals surface area contributed by atoms with Gasteiger partial charge < -0.3 is 9.84 Å². The summed E-state index contributed by atoms with van der Waals surface area (Å²) in [5.41, 5.74) is 1.38. The van der Waals surface area contributed by atoms with Gasteiger partial charge in [0, 0.05) is 23.5 Å². The van der Waals surface area contributed by atoms with Crippen LogP contribution >= 0.6 is 0 Å². The van der Waals surface area contributed by atoms with Crippen LogP contribution in [0.25, 0.3) is 0 Å². The molecule has 1 N–H and O–H groups in total. The van der Waals surface area contributed by atoms with E-state index in [4.69, 9.17) is 4.74 Å². The Balaban J connectivity index is 2.33. The van der Waals surface area contributed by atoms with E-state index in [1.165, 1.54) is 6.33 Å². The largest absolute Gasteiger partial charge is 0.493 e. The van der Waals surface area contributed by atoms with E-state index >= 15 is 0 Å². The molecule has 88 valence electrons. The molecule has 0 aliphatic rings. The standard InChI is InChI=1S/C13H14N2O2/c1-2-17-12-6-4-3-5-11(12)13(16)10-7-14-9-15-8-10/h3-9,13,16H,2H2,1H3. The highest BCUT2D eigenvalue weighted by atomic mass is 16.5. The third-order valence-electron chi connectivity index (χ3n) is 2.41. The average Bonchev–Trinajstić information content (AvgIpc) is 2.40. The first kappa shape index (κ1) is 11.5. The second kappa shape index (κ2) is 5.41. The number of aliphatic hydroxyl groups excluding tert-OH is 1. The fourth-order valence-corrected chi connectivity index (χ4v) is 1.62. The van der Waals surface area contributed by atoms with Gasteiger partial charge in [0.25, 0.3) is 0 Å². The number of benzene rings is 1. The lowest BCUT2D eigenvalue weighted by Crippen LogP contribution is -2.04. The Bertz CT molecular complexity index is 474. The zero-order valence-corrected chi connectivity index (χ0v) is 9.58. The van der Waals surface area contributed by atoms with E-state index in [0.717, 1.165) is 5.56 Å². The number of nitrogens with zero attached hydrogens (tertiary/aromatic N) is 2. The zero-order chi connectivity index (χ0) is 12.1. The molecule has 0 radical (unpaired) electrons. The van der Waals surface area contributed by atoms with E-state index in [1.807, 2.05) is 31.2 Å². The minimum Gasteiger partial charge on any atom is -0.493 e. The molecule has 2 rings (SSSR count). The topological polar surface area (TPSA) is 55.2 Å². The van der Waals surface area contributed by atoms with Crippen molar-refractivity contribution in [2.24, 2.45) is 0 Å². The molecule has 1 atom stereocenters. The van der Waals surface area contributed by atoms with Crippen LogP contribution in [-0.2, 0) is 0 Å². The highest BCUT2D eigenvalue weighted by molar-refractivity contribution is 5.39. The normalized spacial score (nSPS) is 12.1. The molecule has 2 aromatic rings. The number of aliphatic hydroxyl groups is 1. The van der Waals surface area contributed by atoms with Gasteiger partial charge in [0.2, 0.25) is 0 Å². The maximum absolute atomic E-state index is 10.2. The minimum atomic E-state index is -0.765. The average molecular weight is 230 g/mol. The molecule has 0 aliphatic heterocycles. The summed E-state index contributed by atoms with van der Waals surface area (Å²) in [6, 6.07) is 7.42. The predicted octanol–water partition coefficient (Wildman–Crippen LogP) is 1.96. The SMILES string of the molecule is CCOc1ccccc1C(O)c1cncnc1. The monoisotopic (exact) mass is 230 g/mol. The van der Waals surface area contributed by atoms with Gasteiger partial charge in [0.05, 0.1) is 6.61 Å². The van der Waals surface area contributed by atoms with Crippen molar-refractivity contribution in [2.45, 2.75) is 13.0 Å². The highest BCUT2D eigenvalue weighted by Crippen LogP contribution is 2.28. The summed E-state index contributed by atoms with van der Waals surface area (Å²) in [5, 5.41) is 10.2. The number of rotatable bonds is 4. The molecule has 0 aliphatic carbocycles. The van der Waals surface area contributed by atoms with Crippen molar-refractivity contribution in [1.29, 1.82) is 0 Å². The van der Waals surface area contributed by atoms with Gasteiger partial charge in [-0.05, 0) is 13.0 Å². The van der Waals surface area contributed by atoms with Crippen LogP contribution in [0.1, 0.15) is 24.2 Å². The number of aromatic nitrogens is 2. The van der Waals surface area contributed by atoms with Gasteiger partial charge in [0.15, 0.2) is 0 Å².